The highest BCUT2D eigenvalue weighted by Gasteiger charge is 2.16. The fraction of sp³-hybridized carbons (Fsp3) is 0.278. The van der Waals surface area contributed by atoms with Crippen LogP contribution in [0.15, 0.2) is 42.5 Å². The Bertz CT molecular complexity index is 692. The van der Waals surface area contributed by atoms with Crippen LogP contribution < -0.4 is 15.1 Å². The molecule has 0 saturated heterocycles. The van der Waals surface area contributed by atoms with E-state index in [4.69, 9.17) is 0 Å². The monoisotopic (exact) mass is 295 g/mol. The summed E-state index contributed by atoms with van der Waals surface area (Å²) in [4.78, 5) is 16.6. The molecule has 2 aromatic rings. The van der Waals surface area contributed by atoms with Crippen LogP contribution in [0.25, 0.3) is 0 Å². The molecule has 2 aromatic carbocycles. The maximum atomic E-state index is 12.3. The molecule has 4 nitrogen and oxygen atoms in total. The minimum absolute atomic E-state index is 0.0726. The van der Waals surface area contributed by atoms with Crippen LogP contribution in [-0.4, -0.2) is 33.6 Å². The lowest BCUT2D eigenvalue weighted by Crippen LogP contribution is -2.13. The van der Waals surface area contributed by atoms with Gasteiger partial charge in [-0.2, -0.15) is 0 Å². The van der Waals surface area contributed by atoms with Crippen molar-refractivity contribution >= 4 is 23.0 Å². The summed E-state index contributed by atoms with van der Waals surface area (Å²) in [7, 11) is 6.06. The van der Waals surface area contributed by atoms with Gasteiger partial charge in [0, 0.05) is 50.3 Å². The molecule has 0 fully saturated rings. The molecule has 1 aliphatic rings. The van der Waals surface area contributed by atoms with Crippen LogP contribution in [0.4, 0.5) is 17.1 Å². The van der Waals surface area contributed by atoms with E-state index in [9.17, 15) is 4.79 Å². The van der Waals surface area contributed by atoms with Gasteiger partial charge in [-0.25, -0.2) is 0 Å². The van der Waals surface area contributed by atoms with Crippen molar-refractivity contribution in [2.45, 2.75) is 6.42 Å². The van der Waals surface area contributed by atoms with E-state index < -0.39 is 0 Å². The molecule has 0 spiro atoms. The number of hydrogen-bond acceptors (Lipinski definition) is 3. The van der Waals surface area contributed by atoms with E-state index in [0.29, 0.717) is 5.56 Å². The minimum Gasteiger partial charge on any atom is -0.378 e. The summed E-state index contributed by atoms with van der Waals surface area (Å²) in [6.07, 6.45) is 1.03. The number of rotatable bonds is 3. The second kappa shape index (κ2) is 5.72. The van der Waals surface area contributed by atoms with E-state index in [1.165, 1.54) is 11.3 Å². The van der Waals surface area contributed by atoms with E-state index in [2.05, 4.69) is 29.4 Å². The second-order valence-corrected chi connectivity index (χ2v) is 5.91. The van der Waals surface area contributed by atoms with Crippen LogP contribution >= 0.6 is 0 Å². The number of carbonyl (C=O) groups is 1. The third-order valence-electron chi connectivity index (χ3n) is 4.11. The number of benzene rings is 2. The summed E-state index contributed by atoms with van der Waals surface area (Å²) in [6, 6.07) is 13.7. The highest BCUT2D eigenvalue weighted by molar-refractivity contribution is 6.04. The lowest BCUT2D eigenvalue weighted by Gasteiger charge is -2.14. The maximum Gasteiger partial charge on any atom is 0.255 e. The highest BCUT2D eigenvalue weighted by atomic mass is 16.1. The molecule has 0 unspecified atom stereocenters. The molecule has 114 valence electrons. The standard InChI is InChI=1S/C18H21N3O/c1-20(2)16-7-4-13(5-8-16)18(22)19-15-6-9-17-14(12-15)10-11-21(17)3/h4-9,12H,10-11H2,1-3H3,(H,19,22). The molecule has 0 aliphatic carbocycles. The SMILES string of the molecule is CN(C)c1ccc(C(=O)Nc2ccc3c(c2)CCN3C)cc1. The van der Waals surface area contributed by atoms with Gasteiger partial charge in [0.25, 0.3) is 5.91 Å². The van der Waals surface area contributed by atoms with Crippen LogP contribution in [0.1, 0.15) is 15.9 Å². The van der Waals surface area contributed by atoms with Gasteiger partial charge in [0.05, 0.1) is 0 Å². The first-order valence-electron chi connectivity index (χ1n) is 7.47. The van der Waals surface area contributed by atoms with Gasteiger partial charge < -0.3 is 15.1 Å². The summed E-state index contributed by atoms with van der Waals surface area (Å²) in [6.45, 7) is 1.04. The van der Waals surface area contributed by atoms with Gasteiger partial charge in [-0.05, 0) is 54.4 Å². The number of amides is 1. The molecule has 4 heteroatoms. The maximum absolute atomic E-state index is 12.3. The summed E-state index contributed by atoms with van der Waals surface area (Å²) in [5.74, 6) is -0.0726. The Labute approximate surface area is 131 Å². The van der Waals surface area contributed by atoms with Crippen molar-refractivity contribution in [3.05, 3.63) is 53.6 Å². The molecule has 0 atom stereocenters. The van der Waals surface area contributed by atoms with Crippen LogP contribution in [0.5, 0.6) is 0 Å². The Hall–Kier alpha value is -2.49. The van der Waals surface area contributed by atoms with Gasteiger partial charge in [-0.3, -0.25) is 4.79 Å². The second-order valence-electron chi connectivity index (χ2n) is 5.91. The summed E-state index contributed by atoms with van der Waals surface area (Å²) in [5.41, 5.74) is 5.16. The van der Waals surface area contributed by atoms with E-state index in [1.54, 1.807) is 0 Å². The molecule has 1 heterocycles. The van der Waals surface area contributed by atoms with Gasteiger partial charge in [0.1, 0.15) is 0 Å². The molecular formula is C18H21N3O. The first-order chi connectivity index (χ1) is 10.5. The zero-order valence-electron chi connectivity index (χ0n) is 13.3. The topological polar surface area (TPSA) is 35.6 Å². The molecule has 0 aromatic heterocycles. The number of fused-ring (bicyclic) bond motifs is 1. The van der Waals surface area contributed by atoms with Crippen molar-refractivity contribution in [3.8, 4) is 0 Å². The number of carbonyl (C=O) groups excluding carboxylic acids is 1. The Morgan fingerprint density at radius 2 is 1.86 bits per heavy atom. The fourth-order valence-electron chi connectivity index (χ4n) is 2.76. The molecule has 1 amide bonds. The largest absolute Gasteiger partial charge is 0.378 e. The van der Waals surface area contributed by atoms with Crippen LogP contribution in [0.2, 0.25) is 0 Å². The quantitative estimate of drug-likeness (QED) is 0.945. The number of hydrogen-bond donors (Lipinski definition) is 1. The normalized spacial score (nSPS) is 13.0. The van der Waals surface area contributed by atoms with Crippen LogP contribution in [0.3, 0.4) is 0 Å². The zero-order chi connectivity index (χ0) is 15.7. The van der Waals surface area contributed by atoms with Gasteiger partial charge in [0.2, 0.25) is 0 Å². The van der Waals surface area contributed by atoms with E-state index in [1.807, 2.05) is 49.3 Å². The van der Waals surface area contributed by atoms with Gasteiger partial charge >= 0.3 is 0 Å². The lowest BCUT2D eigenvalue weighted by molar-refractivity contribution is 0.102. The summed E-state index contributed by atoms with van der Waals surface area (Å²) < 4.78 is 0. The first-order valence-corrected chi connectivity index (χ1v) is 7.47. The third kappa shape index (κ3) is 2.77. The number of anilines is 3. The fourth-order valence-corrected chi connectivity index (χ4v) is 2.76. The molecule has 1 N–H and O–H groups in total. The minimum atomic E-state index is -0.0726. The van der Waals surface area contributed by atoms with Crippen molar-refractivity contribution in [3.63, 3.8) is 0 Å². The number of nitrogens with zero attached hydrogens (tertiary/aromatic N) is 2. The third-order valence-corrected chi connectivity index (χ3v) is 4.11. The molecule has 0 saturated carbocycles. The van der Waals surface area contributed by atoms with Crippen LogP contribution in [0, 0.1) is 0 Å². The van der Waals surface area contributed by atoms with E-state index >= 15 is 0 Å². The van der Waals surface area contributed by atoms with E-state index in [-0.39, 0.29) is 5.91 Å². The Kier molecular flexibility index (Phi) is 3.75. The molecule has 0 radical (unpaired) electrons. The summed E-state index contributed by atoms with van der Waals surface area (Å²) in [5, 5.41) is 2.98. The lowest BCUT2D eigenvalue weighted by atomic mass is 10.1. The smallest absolute Gasteiger partial charge is 0.255 e. The van der Waals surface area contributed by atoms with Gasteiger partial charge in [0.15, 0.2) is 0 Å². The molecule has 0 bridgehead atoms. The van der Waals surface area contributed by atoms with Crippen molar-refractivity contribution < 1.29 is 4.79 Å². The molecule has 22 heavy (non-hydrogen) atoms. The average molecular weight is 295 g/mol. The average Bonchev–Trinajstić information content (AvgIpc) is 2.88. The van der Waals surface area contributed by atoms with E-state index in [0.717, 1.165) is 24.3 Å². The predicted molar refractivity (Wildman–Crippen MR) is 92.1 cm³/mol. The van der Waals surface area contributed by atoms with Crippen molar-refractivity contribution in [2.24, 2.45) is 0 Å². The Balaban J connectivity index is 1.74. The highest BCUT2D eigenvalue weighted by Crippen LogP contribution is 2.29. The zero-order valence-corrected chi connectivity index (χ0v) is 13.3. The first kappa shape index (κ1) is 14.4. The van der Waals surface area contributed by atoms with Gasteiger partial charge in [-0.15, -0.1) is 0 Å². The van der Waals surface area contributed by atoms with Crippen LogP contribution in [-0.2, 0) is 6.42 Å². The molecule has 1 aliphatic heterocycles. The Morgan fingerprint density at radius 1 is 1.14 bits per heavy atom. The predicted octanol–water partition coefficient (Wildman–Crippen LogP) is 3.00. The number of nitrogens with one attached hydrogen (secondary N) is 1. The number of likely N-dealkylation sites (N-methyl/N-ethyl adjacent to an activating group) is 1. The molecular weight excluding hydrogens is 274 g/mol. The summed E-state index contributed by atoms with van der Waals surface area (Å²) >= 11 is 0. The Morgan fingerprint density at radius 3 is 2.55 bits per heavy atom. The van der Waals surface area contributed by atoms with Crippen molar-refractivity contribution in [1.29, 1.82) is 0 Å². The molecule has 3 rings (SSSR count). The van der Waals surface area contributed by atoms with Gasteiger partial charge in [-0.1, -0.05) is 0 Å². The van der Waals surface area contributed by atoms with Crippen molar-refractivity contribution in [1.82, 2.24) is 0 Å². The van der Waals surface area contributed by atoms with Crippen molar-refractivity contribution in [2.75, 3.05) is 42.8 Å².